The Kier molecular flexibility index (Phi) is 6.32. The molecular weight excluding hydrogens is 392 g/mol. The number of aromatic nitrogens is 2. The summed E-state index contributed by atoms with van der Waals surface area (Å²) in [6.45, 7) is 9.21. The zero-order valence-corrected chi connectivity index (χ0v) is 18.8. The van der Waals surface area contributed by atoms with Crippen LogP contribution in [-0.2, 0) is 4.74 Å². The minimum absolute atomic E-state index is 0.120. The van der Waals surface area contributed by atoms with Gasteiger partial charge in [0.25, 0.3) is 11.8 Å². The van der Waals surface area contributed by atoms with Crippen molar-refractivity contribution >= 4 is 17.5 Å². The van der Waals surface area contributed by atoms with Gasteiger partial charge < -0.3 is 15.4 Å². The van der Waals surface area contributed by atoms with Crippen LogP contribution in [-0.4, -0.2) is 47.5 Å². The van der Waals surface area contributed by atoms with Gasteiger partial charge in [-0.15, -0.1) is 0 Å². The molecule has 0 unspecified atom stereocenters. The summed E-state index contributed by atoms with van der Waals surface area (Å²) in [6.07, 6.45) is 6.16. The Morgan fingerprint density at radius 2 is 2.06 bits per heavy atom. The largest absolute Gasteiger partial charge is 0.382 e. The van der Waals surface area contributed by atoms with Gasteiger partial charge in [-0.3, -0.25) is 14.0 Å². The van der Waals surface area contributed by atoms with Crippen molar-refractivity contribution in [2.75, 3.05) is 26.3 Å². The number of hydrogen-bond acceptors (Lipinski definition) is 4. The first-order valence-corrected chi connectivity index (χ1v) is 11.5. The normalized spacial score (nSPS) is 23.9. The van der Waals surface area contributed by atoms with E-state index in [0.29, 0.717) is 60.6 Å². The van der Waals surface area contributed by atoms with Gasteiger partial charge >= 0.3 is 0 Å². The minimum atomic E-state index is -0.240. The predicted molar refractivity (Wildman–Crippen MR) is 119 cm³/mol. The lowest BCUT2D eigenvalue weighted by Crippen LogP contribution is -2.54. The number of hydrogen-bond donors (Lipinski definition) is 2. The van der Waals surface area contributed by atoms with Crippen LogP contribution in [0.15, 0.2) is 24.4 Å². The molecule has 0 radical (unpaired) electrons. The summed E-state index contributed by atoms with van der Waals surface area (Å²) >= 11 is 0. The molecule has 5 rings (SSSR count). The lowest BCUT2D eigenvalue weighted by atomic mass is 9.45. The van der Waals surface area contributed by atoms with Crippen molar-refractivity contribution in [2.24, 2.45) is 23.2 Å². The lowest BCUT2D eigenvalue weighted by molar-refractivity contribution is -0.103. The van der Waals surface area contributed by atoms with Gasteiger partial charge in [-0.05, 0) is 67.9 Å². The van der Waals surface area contributed by atoms with Gasteiger partial charge in [0.05, 0.1) is 0 Å². The fraction of sp³-hybridized carbons (Fsp3) is 0.625. The molecule has 168 valence electrons. The monoisotopic (exact) mass is 426 g/mol. The van der Waals surface area contributed by atoms with E-state index in [1.807, 2.05) is 6.92 Å². The maximum absolute atomic E-state index is 13.0. The van der Waals surface area contributed by atoms with Crippen LogP contribution < -0.4 is 10.6 Å². The number of fused-ring (bicyclic) bond motifs is 3. The highest BCUT2D eigenvalue weighted by Crippen LogP contribution is 2.61. The molecule has 3 aliphatic rings. The third-order valence-electron chi connectivity index (χ3n) is 7.44. The predicted octanol–water partition coefficient (Wildman–Crippen LogP) is 3.29. The molecule has 2 heterocycles. The molecule has 3 saturated carbocycles. The standard InChI is InChI=1S/C24H34N4O3/c1-4-31-12-6-11-25-22(29)19-15-28-20(7-5-8-21(28)27-19)23(30)26-14-16-9-10-17-13-18(16)24(17,2)3/h5,7-8,15-18H,4,6,9-14H2,1-3H3,(H,25,29)(H,26,30)/t16-,17-,18-/m0/s1. The van der Waals surface area contributed by atoms with Gasteiger partial charge in [-0.1, -0.05) is 19.9 Å². The Labute approximate surface area is 183 Å². The molecule has 0 spiro atoms. The Hall–Kier alpha value is -2.41. The first-order valence-electron chi connectivity index (χ1n) is 11.5. The number of ether oxygens (including phenoxy) is 1. The summed E-state index contributed by atoms with van der Waals surface area (Å²) in [5.41, 5.74) is 1.81. The summed E-state index contributed by atoms with van der Waals surface area (Å²) in [7, 11) is 0. The first-order chi connectivity index (χ1) is 14.9. The molecule has 3 atom stereocenters. The maximum atomic E-state index is 13.0. The van der Waals surface area contributed by atoms with Gasteiger partial charge in [0.1, 0.15) is 17.0 Å². The number of carbonyl (C=O) groups excluding carboxylic acids is 2. The van der Waals surface area contributed by atoms with Crippen LogP contribution in [0.2, 0.25) is 0 Å². The molecule has 0 aromatic carbocycles. The van der Waals surface area contributed by atoms with E-state index < -0.39 is 0 Å². The number of pyridine rings is 1. The average molecular weight is 427 g/mol. The van der Waals surface area contributed by atoms with E-state index in [-0.39, 0.29) is 11.8 Å². The number of carbonyl (C=O) groups is 2. The molecule has 7 heteroatoms. The lowest BCUT2D eigenvalue weighted by Gasteiger charge is -2.60. The van der Waals surface area contributed by atoms with Gasteiger partial charge in [0.15, 0.2) is 0 Å². The van der Waals surface area contributed by atoms with Crippen molar-refractivity contribution in [2.45, 2.75) is 46.5 Å². The third kappa shape index (κ3) is 4.33. The molecule has 2 amide bonds. The summed E-state index contributed by atoms with van der Waals surface area (Å²) < 4.78 is 6.99. The average Bonchev–Trinajstić information content (AvgIpc) is 3.21. The summed E-state index contributed by atoms with van der Waals surface area (Å²) in [4.78, 5) is 29.8. The maximum Gasteiger partial charge on any atom is 0.271 e. The molecule has 2 aromatic heterocycles. The fourth-order valence-corrected chi connectivity index (χ4v) is 5.44. The Morgan fingerprint density at radius 1 is 1.23 bits per heavy atom. The molecule has 2 bridgehead atoms. The number of amides is 2. The van der Waals surface area contributed by atoms with Crippen LogP contribution in [0.3, 0.4) is 0 Å². The molecule has 2 N–H and O–H groups in total. The van der Waals surface area contributed by atoms with Crippen LogP contribution in [0.4, 0.5) is 0 Å². The summed E-state index contributed by atoms with van der Waals surface area (Å²) in [5, 5.41) is 6.00. The zero-order chi connectivity index (χ0) is 22.0. The van der Waals surface area contributed by atoms with Gasteiger partial charge in [-0.25, -0.2) is 4.98 Å². The highest BCUT2D eigenvalue weighted by Gasteiger charge is 2.53. The van der Waals surface area contributed by atoms with Crippen LogP contribution in [0.25, 0.3) is 5.65 Å². The highest BCUT2D eigenvalue weighted by atomic mass is 16.5. The molecule has 3 fully saturated rings. The number of nitrogens with zero attached hydrogens (tertiary/aromatic N) is 2. The second-order valence-corrected chi connectivity index (χ2v) is 9.48. The third-order valence-corrected chi connectivity index (χ3v) is 7.44. The molecule has 2 aromatic rings. The summed E-state index contributed by atoms with van der Waals surface area (Å²) in [5.74, 6) is 1.74. The van der Waals surface area contributed by atoms with Crippen molar-refractivity contribution < 1.29 is 14.3 Å². The molecule has 0 aliphatic heterocycles. The first kappa shape index (κ1) is 21.8. The molecule has 3 aliphatic carbocycles. The van der Waals surface area contributed by atoms with Crippen molar-refractivity contribution in [1.29, 1.82) is 0 Å². The fourth-order valence-electron chi connectivity index (χ4n) is 5.44. The van der Waals surface area contributed by atoms with Gasteiger partial charge in [0, 0.05) is 32.5 Å². The van der Waals surface area contributed by atoms with Crippen molar-refractivity contribution in [3.8, 4) is 0 Å². The molecule has 31 heavy (non-hydrogen) atoms. The Morgan fingerprint density at radius 3 is 2.81 bits per heavy atom. The highest BCUT2D eigenvalue weighted by molar-refractivity contribution is 5.95. The summed E-state index contributed by atoms with van der Waals surface area (Å²) in [6, 6.07) is 5.39. The van der Waals surface area contributed by atoms with E-state index in [1.165, 1.54) is 19.3 Å². The van der Waals surface area contributed by atoms with Gasteiger partial charge in [0.2, 0.25) is 0 Å². The second kappa shape index (κ2) is 8.99. The van der Waals surface area contributed by atoms with Gasteiger partial charge in [-0.2, -0.15) is 0 Å². The van der Waals surface area contributed by atoms with E-state index in [2.05, 4.69) is 29.5 Å². The topological polar surface area (TPSA) is 84.7 Å². The van der Waals surface area contributed by atoms with Crippen LogP contribution >= 0.6 is 0 Å². The number of rotatable bonds is 9. The Bertz CT molecular complexity index is 949. The minimum Gasteiger partial charge on any atom is -0.382 e. The number of nitrogens with one attached hydrogen (secondary N) is 2. The molecule has 7 nitrogen and oxygen atoms in total. The van der Waals surface area contributed by atoms with E-state index in [1.54, 1.807) is 28.8 Å². The van der Waals surface area contributed by atoms with Crippen LogP contribution in [0.1, 0.15) is 67.4 Å². The van der Waals surface area contributed by atoms with Crippen molar-refractivity contribution in [3.05, 3.63) is 35.8 Å². The second-order valence-electron chi connectivity index (χ2n) is 9.48. The van der Waals surface area contributed by atoms with Crippen LogP contribution in [0, 0.1) is 23.2 Å². The zero-order valence-electron chi connectivity index (χ0n) is 18.8. The van der Waals surface area contributed by atoms with E-state index in [9.17, 15) is 9.59 Å². The molecular formula is C24H34N4O3. The van der Waals surface area contributed by atoms with E-state index >= 15 is 0 Å². The van der Waals surface area contributed by atoms with E-state index in [4.69, 9.17) is 4.74 Å². The van der Waals surface area contributed by atoms with Crippen molar-refractivity contribution in [3.63, 3.8) is 0 Å². The molecule has 0 saturated heterocycles. The van der Waals surface area contributed by atoms with Crippen molar-refractivity contribution in [1.82, 2.24) is 20.0 Å². The SMILES string of the molecule is CCOCCCNC(=O)c1cn2c(C(=O)NC[C@@H]3CC[C@H]4C[C@@H]3C4(C)C)cccc2n1. The van der Waals surface area contributed by atoms with Crippen LogP contribution in [0.5, 0.6) is 0 Å². The van der Waals surface area contributed by atoms with E-state index in [0.717, 1.165) is 12.3 Å². The Balaban J connectivity index is 1.38. The smallest absolute Gasteiger partial charge is 0.271 e. The quantitative estimate of drug-likeness (QED) is 0.603. The number of imidazole rings is 1.